The first-order valence-corrected chi connectivity index (χ1v) is 15.9. The molecule has 0 spiro atoms. The molecule has 204 valence electrons. The zero-order valence-electron chi connectivity index (χ0n) is 23.1. The van der Waals surface area contributed by atoms with Crippen LogP contribution in [-0.4, -0.2) is 38.3 Å². The zero-order valence-corrected chi connectivity index (χ0v) is 24.9. The molecular weight excluding hydrogens is 530 g/mol. The molecule has 2 aromatic carbocycles. The molecule has 0 saturated heterocycles. The van der Waals surface area contributed by atoms with Crippen molar-refractivity contribution in [2.24, 2.45) is 0 Å². The second-order valence-electron chi connectivity index (χ2n) is 10.7. The van der Waals surface area contributed by atoms with Gasteiger partial charge in [-0.2, -0.15) is 5.26 Å². The molecule has 0 saturated carbocycles. The van der Waals surface area contributed by atoms with Crippen molar-refractivity contribution < 1.29 is 14.0 Å². The molecule has 0 unspecified atom stereocenters. The topological polar surface area (TPSA) is 107 Å². The number of aryl methyl sites for hydroxylation is 1. The van der Waals surface area contributed by atoms with Gasteiger partial charge in [-0.25, -0.2) is 4.98 Å². The van der Waals surface area contributed by atoms with Gasteiger partial charge in [-0.15, -0.1) is 0 Å². The van der Waals surface area contributed by atoms with E-state index in [1.54, 1.807) is 53.4 Å². The van der Waals surface area contributed by atoms with Gasteiger partial charge in [0.05, 0.1) is 35.1 Å². The third-order valence-electron chi connectivity index (χ3n) is 6.77. The Labute approximate surface area is 236 Å². The van der Waals surface area contributed by atoms with Crippen LogP contribution in [0.5, 0.6) is 0 Å². The molecule has 0 aliphatic heterocycles. The van der Waals surface area contributed by atoms with Crippen LogP contribution in [0.1, 0.15) is 47.2 Å². The molecule has 10 heteroatoms. The number of amides is 2. The van der Waals surface area contributed by atoms with Crippen molar-refractivity contribution in [1.82, 2.24) is 4.98 Å². The summed E-state index contributed by atoms with van der Waals surface area (Å²) in [5.41, 5.74) is 2.98. The molecule has 2 amide bonds. The average Bonchev–Trinajstić information content (AvgIpc) is 2.87. The zero-order chi connectivity index (χ0) is 28.8. The maximum absolute atomic E-state index is 13.1. The number of nitriles is 1. The number of benzene rings is 2. The number of rotatable bonds is 9. The number of hydrogen-bond acceptors (Lipinski definition) is 6. The molecule has 0 atom stereocenters. The van der Waals surface area contributed by atoms with Gasteiger partial charge in [0.25, 0.3) is 11.8 Å². The molecule has 0 bridgehead atoms. The molecule has 0 aliphatic carbocycles. The molecule has 39 heavy (non-hydrogen) atoms. The van der Waals surface area contributed by atoms with E-state index in [9.17, 15) is 14.9 Å². The Kier molecular flexibility index (Phi) is 9.51. The van der Waals surface area contributed by atoms with E-state index < -0.39 is 14.2 Å². The Morgan fingerprint density at radius 2 is 1.74 bits per heavy atom. The molecule has 0 fully saturated rings. The number of nitrogens with one attached hydrogen (secondary N) is 2. The molecule has 1 heterocycles. The van der Waals surface area contributed by atoms with Crippen molar-refractivity contribution >= 4 is 48.8 Å². The van der Waals surface area contributed by atoms with E-state index in [4.69, 9.17) is 16.0 Å². The predicted molar refractivity (Wildman–Crippen MR) is 159 cm³/mol. The van der Waals surface area contributed by atoms with Crippen molar-refractivity contribution in [3.8, 4) is 6.19 Å². The standard InChI is InChI=1S/C29H34ClN5O3Si/c1-20-7-13-24(26(17-20)34-28(37)25-14-8-21(30)18-32-25)27(36)33-22-9-11-23(12-10-22)35(19-31)15-16-38-39(5,6)29(2,3)4/h7-14,17-18H,15-16H2,1-6H3,(H,33,36)(H,34,37). The van der Waals surface area contributed by atoms with Crippen molar-refractivity contribution in [2.75, 3.05) is 28.7 Å². The Hall–Kier alpha value is -3.71. The Morgan fingerprint density at radius 3 is 2.33 bits per heavy atom. The molecule has 8 nitrogen and oxygen atoms in total. The van der Waals surface area contributed by atoms with Crippen molar-refractivity contribution in [3.05, 3.63) is 82.6 Å². The summed E-state index contributed by atoms with van der Waals surface area (Å²) in [4.78, 5) is 31.4. The first-order chi connectivity index (χ1) is 18.3. The number of carbonyl (C=O) groups is 2. The minimum Gasteiger partial charge on any atom is -0.415 e. The number of carbonyl (C=O) groups excluding carboxylic acids is 2. The minimum absolute atomic E-state index is 0.0944. The number of anilines is 3. The summed E-state index contributed by atoms with van der Waals surface area (Å²) in [7, 11) is -1.90. The largest absolute Gasteiger partial charge is 0.415 e. The summed E-state index contributed by atoms with van der Waals surface area (Å²) in [6, 6.07) is 15.3. The summed E-state index contributed by atoms with van der Waals surface area (Å²) >= 11 is 5.86. The number of halogens is 1. The fourth-order valence-corrected chi connectivity index (χ4v) is 4.57. The van der Waals surface area contributed by atoms with Gasteiger partial charge in [-0.3, -0.25) is 14.5 Å². The van der Waals surface area contributed by atoms with Crippen LogP contribution < -0.4 is 15.5 Å². The lowest BCUT2D eigenvalue weighted by atomic mass is 10.1. The van der Waals surface area contributed by atoms with Crippen LogP contribution in [-0.2, 0) is 4.43 Å². The molecule has 3 rings (SSSR count). The number of nitrogens with zero attached hydrogens (tertiary/aromatic N) is 3. The first-order valence-electron chi connectivity index (χ1n) is 12.6. The van der Waals surface area contributed by atoms with Gasteiger partial charge >= 0.3 is 0 Å². The summed E-state index contributed by atoms with van der Waals surface area (Å²) < 4.78 is 6.20. The van der Waals surface area contributed by atoms with Gasteiger partial charge in [0.1, 0.15) is 5.69 Å². The van der Waals surface area contributed by atoms with Gasteiger partial charge < -0.3 is 15.1 Å². The Balaban J connectivity index is 1.67. The van der Waals surface area contributed by atoms with Gasteiger partial charge in [0.15, 0.2) is 14.5 Å². The van der Waals surface area contributed by atoms with E-state index in [0.717, 1.165) is 5.56 Å². The first kappa shape index (κ1) is 29.8. The van der Waals surface area contributed by atoms with Gasteiger partial charge in [-0.1, -0.05) is 38.4 Å². The lowest BCUT2D eigenvalue weighted by molar-refractivity contribution is 0.102. The summed E-state index contributed by atoms with van der Waals surface area (Å²) in [5.74, 6) is -0.841. The summed E-state index contributed by atoms with van der Waals surface area (Å²) in [6.45, 7) is 13.7. The predicted octanol–water partition coefficient (Wildman–Crippen LogP) is 6.86. The summed E-state index contributed by atoms with van der Waals surface area (Å²) in [6.07, 6.45) is 3.59. The third-order valence-corrected chi connectivity index (χ3v) is 11.5. The second kappa shape index (κ2) is 12.4. The van der Waals surface area contributed by atoms with Crippen molar-refractivity contribution in [1.29, 1.82) is 5.26 Å². The van der Waals surface area contributed by atoms with E-state index >= 15 is 0 Å². The Bertz CT molecular complexity index is 1360. The second-order valence-corrected chi connectivity index (χ2v) is 16.0. The highest BCUT2D eigenvalue weighted by atomic mass is 35.5. The van der Waals surface area contributed by atoms with Crippen LogP contribution in [0.25, 0.3) is 0 Å². The lowest BCUT2D eigenvalue weighted by Gasteiger charge is -2.36. The smallest absolute Gasteiger partial charge is 0.274 e. The summed E-state index contributed by atoms with van der Waals surface area (Å²) in [5, 5.41) is 15.8. The number of hydrogen-bond donors (Lipinski definition) is 2. The number of pyridine rings is 1. The van der Waals surface area contributed by atoms with Crippen LogP contribution in [0.2, 0.25) is 23.2 Å². The van der Waals surface area contributed by atoms with E-state index in [1.165, 1.54) is 12.3 Å². The minimum atomic E-state index is -1.90. The highest BCUT2D eigenvalue weighted by molar-refractivity contribution is 6.74. The van der Waals surface area contributed by atoms with Crippen LogP contribution in [0.15, 0.2) is 60.8 Å². The van der Waals surface area contributed by atoms with E-state index in [0.29, 0.717) is 40.8 Å². The van der Waals surface area contributed by atoms with Crippen LogP contribution in [0.4, 0.5) is 17.1 Å². The van der Waals surface area contributed by atoms with Crippen LogP contribution in [0, 0.1) is 18.4 Å². The molecule has 0 radical (unpaired) electrons. The van der Waals surface area contributed by atoms with E-state index in [2.05, 4.69) is 55.7 Å². The normalized spacial score (nSPS) is 11.4. The van der Waals surface area contributed by atoms with Crippen LogP contribution >= 0.6 is 11.6 Å². The quantitative estimate of drug-likeness (QED) is 0.167. The monoisotopic (exact) mass is 563 g/mol. The van der Waals surface area contributed by atoms with E-state index in [1.807, 2.05) is 6.92 Å². The SMILES string of the molecule is Cc1ccc(C(=O)Nc2ccc(N(C#N)CCO[Si](C)(C)C(C)(C)C)cc2)c(NC(=O)c2ccc(Cl)cn2)c1. The lowest BCUT2D eigenvalue weighted by Crippen LogP contribution is -2.42. The highest BCUT2D eigenvalue weighted by Crippen LogP contribution is 2.36. The molecular formula is C29H34ClN5O3Si. The van der Waals surface area contributed by atoms with Gasteiger partial charge in [0.2, 0.25) is 0 Å². The highest BCUT2D eigenvalue weighted by Gasteiger charge is 2.37. The molecule has 2 N–H and O–H groups in total. The number of aromatic nitrogens is 1. The molecule has 0 aliphatic rings. The van der Waals surface area contributed by atoms with Crippen molar-refractivity contribution in [3.63, 3.8) is 0 Å². The van der Waals surface area contributed by atoms with Gasteiger partial charge in [-0.05, 0) is 79.2 Å². The fraction of sp³-hybridized carbons (Fsp3) is 0.310. The maximum atomic E-state index is 13.1. The van der Waals surface area contributed by atoms with Crippen molar-refractivity contribution in [2.45, 2.75) is 45.8 Å². The molecule has 3 aromatic rings. The maximum Gasteiger partial charge on any atom is 0.274 e. The van der Waals surface area contributed by atoms with Gasteiger partial charge in [0, 0.05) is 11.9 Å². The van der Waals surface area contributed by atoms with E-state index in [-0.39, 0.29) is 16.6 Å². The Morgan fingerprint density at radius 1 is 1.05 bits per heavy atom. The van der Waals surface area contributed by atoms with Crippen LogP contribution in [0.3, 0.4) is 0 Å². The average molecular weight is 564 g/mol. The third kappa shape index (κ3) is 7.89. The molecule has 1 aromatic heterocycles. The fourth-order valence-electron chi connectivity index (χ4n) is 3.42.